The number of anilines is 1. The Kier molecular flexibility index (Phi) is 6.52. The lowest BCUT2D eigenvalue weighted by Gasteiger charge is -2.15. The van der Waals surface area contributed by atoms with Crippen LogP contribution in [0.15, 0.2) is 71.6 Å². The summed E-state index contributed by atoms with van der Waals surface area (Å²) in [6.45, 7) is 1.57. The number of aromatic nitrogens is 1. The standard InChI is InChI=1S/C24H15F7N2O3S/c1-13-10-21(16-11-14(23(26,27)28)6-8-19(16)32-13)36-15-7-9-20(18(25)12-15)33-37(34,35)22-5-3-2-4-17(22)24(29,30)31/h2-12,33H,1H3. The molecule has 0 saturated heterocycles. The van der Waals surface area contributed by atoms with Crippen LogP contribution in [0.5, 0.6) is 11.5 Å². The van der Waals surface area contributed by atoms with E-state index < -0.39 is 49.9 Å². The van der Waals surface area contributed by atoms with Gasteiger partial charge in [-0.05, 0) is 49.4 Å². The van der Waals surface area contributed by atoms with E-state index >= 15 is 0 Å². The fourth-order valence-corrected chi connectivity index (χ4v) is 4.78. The number of rotatable bonds is 5. The second kappa shape index (κ2) is 9.21. The van der Waals surface area contributed by atoms with E-state index in [9.17, 15) is 39.2 Å². The van der Waals surface area contributed by atoms with Gasteiger partial charge in [0.05, 0.1) is 27.2 Å². The molecular formula is C24H15F7N2O3S. The fraction of sp³-hybridized carbons (Fsp3) is 0.125. The van der Waals surface area contributed by atoms with Crippen LogP contribution >= 0.6 is 0 Å². The normalized spacial score (nSPS) is 12.5. The van der Waals surface area contributed by atoms with Crippen molar-refractivity contribution in [2.24, 2.45) is 0 Å². The molecule has 5 nitrogen and oxygen atoms in total. The number of alkyl halides is 6. The van der Waals surface area contributed by atoms with E-state index in [1.807, 2.05) is 0 Å². The zero-order valence-corrected chi connectivity index (χ0v) is 19.4. The van der Waals surface area contributed by atoms with Gasteiger partial charge in [-0.25, -0.2) is 12.8 Å². The molecule has 4 rings (SSSR count). The molecule has 0 atom stereocenters. The van der Waals surface area contributed by atoms with Gasteiger partial charge in [-0.1, -0.05) is 12.1 Å². The third kappa shape index (κ3) is 5.61. The molecule has 0 spiro atoms. The average molecular weight is 544 g/mol. The van der Waals surface area contributed by atoms with E-state index in [2.05, 4.69) is 4.98 Å². The van der Waals surface area contributed by atoms with Crippen molar-refractivity contribution in [1.29, 1.82) is 0 Å². The Morgan fingerprint density at radius 3 is 2.22 bits per heavy atom. The van der Waals surface area contributed by atoms with Crippen molar-refractivity contribution in [2.75, 3.05) is 4.72 Å². The Morgan fingerprint density at radius 1 is 0.865 bits per heavy atom. The summed E-state index contributed by atoms with van der Waals surface area (Å²) in [4.78, 5) is 3.05. The van der Waals surface area contributed by atoms with Crippen molar-refractivity contribution < 1.29 is 43.9 Å². The Hall–Kier alpha value is -3.87. The van der Waals surface area contributed by atoms with E-state index in [1.165, 1.54) is 6.07 Å². The van der Waals surface area contributed by atoms with Crippen LogP contribution in [0, 0.1) is 12.7 Å². The zero-order valence-electron chi connectivity index (χ0n) is 18.6. The van der Waals surface area contributed by atoms with Gasteiger partial charge in [-0.2, -0.15) is 26.3 Å². The summed E-state index contributed by atoms with van der Waals surface area (Å²) in [6.07, 6.45) is -9.61. The Balaban J connectivity index is 1.66. The minimum Gasteiger partial charge on any atom is -0.456 e. The lowest BCUT2D eigenvalue weighted by molar-refractivity contribution is -0.140. The number of nitrogens with one attached hydrogen (secondary N) is 1. The Labute approximate surface area is 205 Å². The molecule has 1 N–H and O–H groups in total. The molecule has 0 aliphatic rings. The van der Waals surface area contributed by atoms with Crippen LogP contribution in [0.3, 0.4) is 0 Å². The van der Waals surface area contributed by atoms with Gasteiger partial charge >= 0.3 is 12.4 Å². The lowest BCUT2D eigenvalue weighted by Crippen LogP contribution is -2.19. The molecule has 1 heterocycles. The fourth-order valence-electron chi connectivity index (χ4n) is 3.49. The van der Waals surface area contributed by atoms with Crippen molar-refractivity contribution in [3.63, 3.8) is 0 Å². The van der Waals surface area contributed by atoms with Crippen LogP contribution in [0.25, 0.3) is 10.9 Å². The number of pyridine rings is 1. The number of aryl methyl sites for hydroxylation is 1. The number of hydrogen-bond acceptors (Lipinski definition) is 4. The monoisotopic (exact) mass is 544 g/mol. The smallest absolute Gasteiger partial charge is 0.417 e. The topological polar surface area (TPSA) is 68.3 Å². The maximum atomic E-state index is 14.8. The van der Waals surface area contributed by atoms with Crippen LogP contribution in [0.4, 0.5) is 36.4 Å². The molecule has 0 bridgehead atoms. The maximum absolute atomic E-state index is 14.8. The van der Waals surface area contributed by atoms with Gasteiger partial charge in [-0.15, -0.1) is 0 Å². The molecule has 0 amide bonds. The van der Waals surface area contributed by atoms with E-state index in [-0.39, 0.29) is 22.4 Å². The Bertz CT molecular complexity index is 1600. The van der Waals surface area contributed by atoms with Crippen LogP contribution in [-0.2, 0) is 22.4 Å². The summed E-state index contributed by atoms with van der Waals surface area (Å²) >= 11 is 0. The van der Waals surface area contributed by atoms with Gasteiger partial charge in [0.1, 0.15) is 11.5 Å². The summed E-state index contributed by atoms with van der Waals surface area (Å²) in [5.74, 6) is -1.47. The average Bonchev–Trinajstić information content (AvgIpc) is 2.79. The molecule has 0 aliphatic carbocycles. The molecule has 37 heavy (non-hydrogen) atoms. The van der Waals surface area contributed by atoms with Gasteiger partial charge in [0, 0.05) is 23.2 Å². The minimum absolute atomic E-state index is 0.00521. The number of sulfonamides is 1. The molecule has 0 aliphatic heterocycles. The molecule has 194 valence electrons. The highest BCUT2D eigenvalue weighted by Gasteiger charge is 2.37. The number of benzene rings is 3. The molecular weight excluding hydrogens is 529 g/mol. The predicted octanol–water partition coefficient (Wildman–Crippen LogP) is 7.31. The number of halogens is 7. The third-order valence-corrected chi connectivity index (χ3v) is 6.54. The summed E-state index contributed by atoms with van der Waals surface area (Å²) in [7, 11) is -4.84. The first-order chi connectivity index (χ1) is 17.1. The Morgan fingerprint density at radius 2 is 1.57 bits per heavy atom. The van der Waals surface area contributed by atoms with Crippen LogP contribution < -0.4 is 9.46 Å². The molecule has 1 aromatic heterocycles. The first-order valence-corrected chi connectivity index (χ1v) is 11.8. The summed E-state index contributed by atoms with van der Waals surface area (Å²) in [6, 6.07) is 10.3. The van der Waals surface area contributed by atoms with Crippen molar-refractivity contribution in [2.45, 2.75) is 24.2 Å². The number of hydrogen-bond donors (Lipinski definition) is 1. The SMILES string of the molecule is Cc1cc(Oc2ccc(NS(=O)(=O)c3ccccc3C(F)(F)F)c(F)c2)c2cc(C(F)(F)F)ccc2n1. The van der Waals surface area contributed by atoms with Crippen LogP contribution in [-0.4, -0.2) is 13.4 Å². The van der Waals surface area contributed by atoms with Gasteiger partial charge in [0.2, 0.25) is 0 Å². The lowest BCUT2D eigenvalue weighted by atomic mass is 10.1. The number of fused-ring (bicyclic) bond motifs is 1. The number of ether oxygens (including phenoxy) is 1. The van der Waals surface area contributed by atoms with Crippen LogP contribution in [0.1, 0.15) is 16.8 Å². The molecule has 0 saturated carbocycles. The van der Waals surface area contributed by atoms with E-state index in [1.54, 1.807) is 11.6 Å². The molecule has 3 aromatic carbocycles. The second-order valence-corrected chi connectivity index (χ2v) is 9.49. The summed E-state index contributed by atoms with van der Waals surface area (Å²) < 4.78 is 127. The van der Waals surface area contributed by atoms with Crippen molar-refractivity contribution in [3.05, 3.63) is 89.4 Å². The van der Waals surface area contributed by atoms with Gasteiger partial charge < -0.3 is 4.74 Å². The zero-order chi connectivity index (χ0) is 27.2. The highest BCUT2D eigenvalue weighted by atomic mass is 32.2. The predicted molar refractivity (Wildman–Crippen MR) is 120 cm³/mol. The van der Waals surface area contributed by atoms with Gasteiger partial charge in [0.25, 0.3) is 10.0 Å². The maximum Gasteiger partial charge on any atom is 0.417 e. The third-order valence-electron chi connectivity index (χ3n) is 5.12. The van der Waals surface area contributed by atoms with Gasteiger partial charge in [0.15, 0.2) is 5.82 Å². The quantitative estimate of drug-likeness (QED) is 0.268. The molecule has 0 radical (unpaired) electrons. The highest BCUT2D eigenvalue weighted by molar-refractivity contribution is 7.92. The minimum atomic E-state index is -4.97. The van der Waals surface area contributed by atoms with Crippen molar-refractivity contribution >= 4 is 26.6 Å². The van der Waals surface area contributed by atoms with E-state index in [4.69, 9.17) is 4.74 Å². The van der Waals surface area contributed by atoms with E-state index in [0.717, 1.165) is 54.6 Å². The highest BCUT2D eigenvalue weighted by Crippen LogP contribution is 2.37. The largest absolute Gasteiger partial charge is 0.456 e. The summed E-state index contributed by atoms with van der Waals surface area (Å²) in [5, 5.41) is -0.00521. The second-order valence-electron chi connectivity index (χ2n) is 7.83. The van der Waals surface area contributed by atoms with Crippen molar-refractivity contribution in [1.82, 2.24) is 4.98 Å². The summed E-state index contributed by atoms with van der Waals surface area (Å²) in [5.41, 5.74) is -2.46. The van der Waals surface area contributed by atoms with E-state index in [0.29, 0.717) is 11.8 Å². The van der Waals surface area contributed by atoms with Crippen LogP contribution in [0.2, 0.25) is 0 Å². The van der Waals surface area contributed by atoms with Crippen molar-refractivity contribution in [3.8, 4) is 11.5 Å². The molecule has 0 fully saturated rings. The molecule has 13 heteroatoms. The van der Waals surface area contributed by atoms with Gasteiger partial charge in [-0.3, -0.25) is 9.71 Å². The first-order valence-electron chi connectivity index (χ1n) is 10.3. The molecule has 4 aromatic rings. The number of nitrogens with zero attached hydrogens (tertiary/aromatic N) is 1. The molecule has 0 unspecified atom stereocenters. The first kappa shape index (κ1) is 26.2.